The average molecular weight is 325 g/mol. The number of nitrogens with zero attached hydrogens (tertiary/aromatic N) is 2. The highest BCUT2D eigenvalue weighted by molar-refractivity contribution is 6.07. The number of rotatable bonds is 4. The van der Waals surface area contributed by atoms with Crippen LogP contribution in [0.2, 0.25) is 0 Å². The molecule has 0 aliphatic rings. The number of carbonyl (C=O) groups excluding carboxylic acids is 1. The number of amides is 1. The van der Waals surface area contributed by atoms with Gasteiger partial charge in [-0.25, -0.2) is 4.98 Å². The molecule has 1 aromatic carbocycles. The van der Waals surface area contributed by atoms with E-state index in [4.69, 9.17) is 4.42 Å². The van der Waals surface area contributed by atoms with E-state index in [1.54, 1.807) is 24.7 Å². The van der Waals surface area contributed by atoms with Crippen LogP contribution in [0.3, 0.4) is 0 Å². The highest BCUT2D eigenvalue weighted by atomic mass is 16.4. The maximum absolute atomic E-state index is 12.7. The molecule has 0 aliphatic heterocycles. The van der Waals surface area contributed by atoms with Crippen molar-refractivity contribution in [3.63, 3.8) is 0 Å². The Hall–Kier alpha value is -2.89. The number of benzene rings is 1. The van der Waals surface area contributed by atoms with E-state index in [9.17, 15) is 9.59 Å². The summed E-state index contributed by atoms with van der Waals surface area (Å²) in [5.41, 5.74) is 1.39. The lowest BCUT2D eigenvalue weighted by molar-refractivity contribution is 0.0948. The van der Waals surface area contributed by atoms with Crippen molar-refractivity contribution < 1.29 is 9.21 Å². The molecule has 0 aliphatic carbocycles. The van der Waals surface area contributed by atoms with Crippen molar-refractivity contribution in [3.05, 3.63) is 63.6 Å². The third kappa shape index (κ3) is 2.71. The first-order chi connectivity index (χ1) is 11.5. The van der Waals surface area contributed by atoms with E-state index in [-0.39, 0.29) is 18.0 Å². The smallest absolute Gasteiger partial charge is 0.254 e. The second kappa shape index (κ2) is 6.31. The summed E-state index contributed by atoms with van der Waals surface area (Å²) in [4.78, 5) is 29.2. The van der Waals surface area contributed by atoms with Crippen molar-refractivity contribution in [2.75, 3.05) is 0 Å². The molecule has 2 heterocycles. The van der Waals surface area contributed by atoms with Crippen LogP contribution < -0.4 is 10.9 Å². The molecule has 2 aromatic heterocycles. The Bertz CT molecular complexity index is 969. The molecule has 3 aromatic rings. The zero-order valence-electron chi connectivity index (χ0n) is 13.9. The van der Waals surface area contributed by atoms with Gasteiger partial charge in [0.1, 0.15) is 5.76 Å². The number of hydrogen-bond acceptors (Lipinski definition) is 4. The van der Waals surface area contributed by atoms with Crippen LogP contribution in [0.25, 0.3) is 10.9 Å². The molecule has 0 atom stereocenters. The highest BCUT2D eigenvalue weighted by Crippen LogP contribution is 2.19. The number of nitrogens with one attached hydrogen (secondary N) is 1. The minimum Gasteiger partial charge on any atom is -0.444 e. The summed E-state index contributed by atoms with van der Waals surface area (Å²) in [5, 5.41) is 3.56. The summed E-state index contributed by atoms with van der Waals surface area (Å²) < 4.78 is 7.05. The lowest BCUT2D eigenvalue weighted by atomic mass is 10.0. The van der Waals surface area contributed by atoms with Gasteiger partial charge in [0.2, 0.25) is 0 Å². The van der Waals surface area contributed by atoms with Crippen molar-refractivity contribution in [2.24, 2.45) is 7.05 Å². The van der Waals surface area contributed by atoms with Gasteiger partial charge < -0.3 is 14.3 Å². The van der Waals surface area contributed by atoms with Crippen molar-refractivity contribution in [3.8, 4) is 0 Å². The van der Waals surface area contributed by atoms with Crippen LogP contribution in [-0.4, -0.2) is 15.5 Å². The van der Waals surface area contributed by atoms with E-state index in [1.165, 1.54) is 0 Å². The van der Waals surface area contributed by atoms with Gasteiger partial charge in [0.15, 0.2) is 5.89 Å². The average Bonchev–Trinajstić information content (AvgIpc) is 3.06. The number of fused-ring (bicyclic) bond motifs is 1. The van der Waals surface area contributed by atoms with Gasteiger partial charge in [0.05, 0.1) is 23.8 Å². The molecule has 0 saturated carbocycles. The van der Waals surface area contributed by atoms with E-state index in [2.05, 4.69) is 10.3 Å². The third-order valence-electron chi connectivity index (χ3n) is 4.09. The van der Waals surface area contributed by atoms with Crippen LogP contribution in [0.1, 0.15) is 34.5 Å². The molecule has 0 unspecified atom stereocenters. The Morgan fingerprint density at radius 3 is 2.79 bits per heavy atom. The molecule has 0 radical (unpaired) electrons. The van der Waals surface area contributed by atoms with Crippen molar-refractivity contribution in [1.29, 1.82) is 0 Å². The Labute approximate surface area is 139 Å². The summed E-state index contributed by atoms with van der Waals surface area (Å²) in [6, 6.07) is 7.38. The van der Waals surface area contributed by atoms with Crippen LogP contribution in [-0.2, 0) is 20.0 Å². The van der Waals surface area contributed by atoms with Gasteiger partial charge in [-0.05, 0) is 13.0 Å². The lowest BCUT2D eigenvalue weighted by Gasteiger charge is -2.13. The fourth-order valence-electron chi connectivity index (χ4n) is 2.79. The van der Waals surface area contributed by atoms with Gasteiger partial charge in [-0.2, -0.15) is 0 Å². The standard InChI is InChI=1S/C18H19N3O3/c1-4-15-19-9-12(24-15)10-20-17(22)16-11(2)18(23)21(3)14-8-6-5-7-13(14)16/h5-9H,4,10H2,1-3H3,(H,20,22). The zero-order chi connectivity index (χ0) is 17.3. The predicted octanol–water partition coefficient (Wildman–Crippen LogP) is 2.33. The van der Waals surface area contributed by atoms with Gasteiger partial charge >= 0.3 is 0 Å². The minimum absolute atomic E-state index is 0.174. The molecule has 1 amide bonds. The second-order valence-electron chi connectivity index (χ2n) is 5.64. The number of hydrogen-bond donors (Lipinski definition) is 1. The topological polar surface area (TPSA) is 77.1 Å². The maximum atomic E-state index is 12.7. The first kappa shape index (κ1) is 16.0. The van der Waals surface area contributed by atoms with Crippen LogP contribution in [0.15, 0.2) is 39.7 Å². The third-order valence-corrected chi connectivity index (χ3v) is 4.09. The Morgan fingerprint density at radius 2 is 2.08 bits per heavy atom. The number of pyridine rings is 1. The summed E-state index contributed by atoms with van der Waals surface area (Å²) >= 11 is 0. The molecule has 3 rings (SSSR count). The molecule has 0 saturated heterocycles. The van der Waals surface area contributed by atoms with Crippen molar-refractivity contribution >= 4 is 16.8 Å². The van der Waals surface area contributed by atoms with Gasteiger partial charge in [0, 0.05) is 24.4 Å². The number of oxazole rings is 1. The fraction of sp³-hybridized carbons (Fsp3) is 0.278. The number of aryl methyl sites for hydroxylation is 2. The van der Waals surface area contributed by atoms with Crippen LogP contribution >= 0.6 is 0 Å². The van der Waals surface area contributed by atoms with Crippen molar-refractivity contribution in [1.82, 2.24) is 14.9 Å². The largest absolute Gasteiger partial charge is 0.444 e. The molecule has 0 fully saturated rings. The van der Waals surface area contributed by atoms with E-state index < -0.39 is 0 Å². The van der Waals surface area contributed by atoms with Crippen LogP contribution in [0.5, 0.6) is 0 Å². The molecular weight excluding hydrogens is 306 g/mol. The minimum atomic E-state index is -0.296. The van der Waals surface area contributed by atoms with Crippen molar-refractivity contribution in [2.45, 2.75) is 26.8 Å². The van der Waals surface area contributed by atoms with E-state index in [0.717, 1.165) is 10.9 Å². The predicted molar refractivity (Wildman–Crippen MR) is 91.0 cm³/mol. The lowest BCUT2D eigenvalue weighted by Crippen LogP contribution is -2.29. The number of aromatic nitrogens is 2. The summed E-state index contributed by atoms with van der Waals surface area (Å²) in [6.07, 6.45) is 2.31. The Kier molecular flexibility index (Phi) is 4.20. The fourth-order valence-corrected chi connectivity index (χ4v) is 2.79. The highest BCUT2D eigenvalue weighted by Gasteiger charge is 2.18. The molecule has 6 heteroatoms. The maximum Gasteiger partial charge on any atom is 0.254 e. The van der Waals surface area contributed by atoms with Crippen LogP contribution in [0.4, 0.5) is 0 Å². The number of carbonyl (C=O) groups is 1. The first-order valence-corrected chi connectivity index (χ1v) is 7.83. The zero-order valence-corrected chi connectivity index (χ0v) is 13.9. The first-order valence-electron chi connectivity index (χ1n) is 7.83. The molecule has 1 N–H and O–H groups in total. The molecule has 124 valence electrons. The molecule has 0 spiro atoms. The van der Waals surface area contributed by atoms with Crippen LogP contribution in [0, 0.1) is 6.92 Å². The van der Waals surface area contributed by atoms with Gasteiger partial charge in [0.25, 0.3) is 11.5 Å². The van der Waals surface area contributed by atoms with Gasteiger partial charge in [-0.3, -0.25) is 9.59 Å². The molecule has 0 bridgehead atoms. The Balaban J connectivity index is 1.96. The van der Waals surface area contributed by atoms with Gasteiger partial charge in [-0.15, -0.1) is 0 Å². The summed E-state index contributed by atoms with van der Waals surface area (Å²) in [6.45, 7) is 3.85. The summed E-state index contributed by atoms with van der Waals surface area (Å²) in [7, 11) is 1.71. The summed E-state index contributed by atoms with van der Waals surface area (Å²) in [5.74, 6) is 0.927. The number of para-hydroxylation sites is 1. The van der Waals surface area contributed by atoms with E-state index in [1.807, 2.05) is 31.2 Å². The monoisotopic (exact) mass is 325 g/mol. The van der Waals surface area contributed by atoms with E-state index >= 15 is 0 Å². The quantitative estimate of drug-likeness (QED) is 0.798. The molecular formula is C18H19N3O3. The SMILES string of the molecule is CCc1ncc(CNC(=O)c2c(C)c(=O)n(C)c3ccccc23)o1. The van der Waals surface area contributed by atoms with E-state index in [0.29, 0.717) is 29.2 Å². The molecule has 6 nitrogen and oxygen atoms in total. The van der Waals surface area contributed by atoms with Gasteiger partial charge in [-0.1, -0.05) is 25.1 Å². The second-order valence-corrected chi connectivity index (χ2v) is 5.64. The normalized spacial score (nSPS) is 11.0. The molecule has 24 heavy (non-hydrogen) atoms. The Morgan fingerprint density at radius 1 is 1.33 bits per heavy atom.